The van der Waals surface area contributed by atoms with E-state index in [0.29, 0.717) is 17.1 Å². The standard InChI is InChI=1S/C20H26FO4P/c1-5-20(6-2,26-18-8-7-14(21)9-13(18)12-22)16-10-15(24-3)11-17(25-4)19(16)23/h7-11,22-23,26H,5-6,12H2,1-4H3. The fourth-order valence-electron chi connectivity index (χ4n) is 3.17. The molecular weight excluding hydrogens is 354 g/mol. The molecule has 2 aromatic carbocycles. The van der Waals surface area contributed by atoms with Gasteiger partial charge in [-0.25, -0.2) is 4.39 Å². The minimum Gasteiger partial charge on any atom is -0.504 e. The number of aromatic hydroxyl groups is 1. The molecule has 0 aromatic heterocycles. The molecule has 4 nitrogen and oxygen atoms in total. The van der Waals surface area contributed by atoms with Crippen LogP contribution in [0.15, 0.2) is 30.3 Å². The van der Waals surface area contributed by atoms with Crippen LogP contribution in [0.5, 0.6) is 17.2 Å². The van der Waals surface area contributed by atoms with Gasteiger partial charge < -0.3 is 19.7 Å². The first-order valence-electron chi connectivity index (χ1n) is 8.57. The Morgan fingerprint density at radius 2 is 1.77 bits per heavy atom. The van der Waals surface area contributed by atoms with Crippen molar-refractivity contribution in [2.24, 2.45) is 0 Å². The molecule has 26 heavy (non-hydrogen) atoms. The lowest BCUT2D eigenvalue weighted by Gasteiger charge is -2.34. The summed E-state index contributed by atoms with van der Waals surface area (Å²) >= 11 is 0. The third-order valence-corrected chi connectivity index (χ3v) is 7.05. The van der Waals surface area contributed by atoms with Gasteiger partial charge in [-0.3, -0.25) is 0 Å². The molecule has 0 amide bonds. The number of benzene rings is 2. The number of aliphatic hydroxyl groups is 1. The fraction of sp³-hybridized carbons (Fsp3) is 0.400. The van der Waals surface area contributed by atoms with E-state index >= 15 is 0 Å². The highest BCUT2D eigenvalue weighted by Crippen LogP contribution is 2.53. The quantitative estimate of drug-likeness (QED) is 0.678. The highest BCUT2D eigenvalue weighted by atomic mass is 31.1. The molecule has 2 aromatic rings. The third-order valence-electron chi connectivity index (χ3n) is 4.84. The molecule has 142 valence electrons. The smallest absolute Gasteiger partial charge is 0.164 e. The van der Waals surface area contributed by atoms with Crippen LogP contribution in [-0.4, -0.2) is 24.4 Å². The molecule has 2 rings (SSSR count). The van der Waals surface area contributed by atoms with E-state index in [-0.39, 0.29) is 31.9 Å². The van der Waals surface area contributed by atoms with Crippen molar-refractivity contribution in [1.29, 1.82) is 0 Å². The first-order valence-corrected chi connectivity index (χ1v) is 9.57. The summed E-state index contributed by atoms with van der Waals surface area (Å²) in [4.78, 5) is 0. The molecule has 0 saturated carbocycles. The van der Waals surface area contributed by atoms with Gasteiger partial charge in [-0.1, -0.05) is 28.5 Å². The second kappa shape index (κ2) is 8.70. The van der Waals surface area contributed by atoms with Crippen molar-refractivity contribution >= 4 is 13.9 Å². The number of hydrogen-bond acceptors (Lipinski definition) is 4. The molecule has 0 aliphatic carbocycles. The molecule has 0 radical (unpaired) electrons. The van der Waals surface area contributed by atoms with Gasteiger partial charge in [0.15, 0.2) is 11.5 Å². The molecule has 6 heteroatoms. The Balaban J connectivity index is 2.61. The van der Waals surface area contributed by atoms with Crippen molar-refractivity contribution in [2.45, 2.75) is 38.5 Å². The Hall–Kier alpha value is -1.84. The molecule has 0 aliphatic heterocycles. The molecule has 0 heterocycles. The number of rotatable bonds is 8. The van der Waals surface area contributed by atoms with Gasteiger partial charge in [0, 0.05) is 16.8 Å². The van der Waals surface area contributed by atoms with Crippen LogP contribution in [-0.2, 0) is 11.8 Å². The third kappa shape index (κ3) is 3.94. The van der Waals surface area contributed by atoms with Crippen LogP contribution in [0, 0.1) is 5.82 Å². The maximum atomic E-state index is 13.5. The lowest BCUT2D eigenvalue weighted by Crippen LogP contribution is -2.23. The first kappa shape index (κ1) is 20.5. The van der Waals surface area contributed by atoms with Gasteiger partial charge in [0.05, 0.1) is 20.8 Å². The molecule has 0 fully saturated rings. The maximum absolute atomic E-state index is 13.5. The van der Waals surface area contributed by atoms with Crippen LogP contribution in [0.1, 0.15) is 37.8 Å². The predicted molar refractivity (Wildman–Crippen MR) is 104 cm³/mol. The Kier molecular flexibility index (Phi) is 6.85. The normalized spacial score (nSPS) is 11.9. The van der Waals surface area contributed by atoms with E-state index in [1.165, 1.54) is 19.2 Å². The van der Waals surface area contributed by atoms with E-state index in [1.807, 2.05) is 6.07 Å². The SMILES string of the molecule is CCC(CC)(Pc1ccc(F)cc1CO)c1cc(OC)cc(OC)c1O. The number of methoxy groups -OCH3 is 2. The number of phenols is 1. The van der Waals surface area contributed by atoms with Gasteiger partial charge in [-0.2, -0.15) is 0 Å². The Morgan fingerprint density at radius 3 is 2.31 bits per heavy atom. The van der Waals surface area contributed by atoms with Crippen LogP contribution >= 0.6 is 8.58 Å². The Bertz CT molecular complexity index is 760. The van der Waals surface area contributed by atoms with Gasteiger partial charge in [0.25, 0.3) is 0 Å². The van der Waals surface area contributed by atoms with Crippen molar-refractivity contribution in [2.75, 3.05) is 14.2 Å². The van der Waals surface area contributed by atoms with Gasteiger partial charge in [0.1, 0.15) is 11.6 Å². The molecule has 1 unspecified atom stereocenters. The van der Waals surface area contributed by atoms with Gasteiger partial charge in [-0.05, 0) is 41.9 Å². The number of aliphatic hydroxyl groups excluding tert-OH is 1. The number of phenolic OH excluding ortho intramolecular Hbond substituents is 1. The maximum Gasteiger partial charge on any atom is 0.164 e. The summed E-state index contributed by atoms with van der Waals surface area (Å²) in [6.07, 6.45) is 1.52. The molecule has 0 bridgehead atoms. The summed E-state index contributed by atoms with van der Waals surface area (Å²) in [5.74, 6) is 0.688. The summed E-state index contributed by atoms with van der Waals surface area (Å²) in [5, 5.41) is 20.9. The van der Waals surface area contributed by atoms with Crippen molar-refractivity contribution in [3.63, 3.8) is 0 Å². The average molecular weight is 380 g/mol. The molecule has 0 saturated heterocycles. The molecule has 1 atom stereocenters. The van der Waals surface area contributed by atoms with E-state index < -0.39 is 0 Å². The monoisotopic (exact) mass is 380 g/mol. The highest BCUT2D eigenvalue weighted by Gasteiger charge is 2.34. The summed E-state index contributed by atoms with van der Waals surface area (Å²) in [6, 6.07) is 7.97. The summed E-state index contributed by atoms with van der Waals surface area (Å²) in [5.41, 5.74) is 1.31. The minimum absolute atomic E-state index is 0.0946. The number of halogens is 1. The van der Waals surface area contributed by atoms with E-state index in [0.717, 1.165) is 23.7 Å². The summed E-state index contributed by atoms with van der Waals surface area (Å²) in [7, 11) is 3.31. The van der Waals surface area contributed by atoms with Crippen LogP contribution in [0.4, 0.5) is 4.39 Å². The van der Waals surface area contributed by atoms with Crippen LogP contribution in [0.25, 0.3) is 0 Å². The largest absolute Gasteiger partial charge is 0.504 e. The lowest BCUT2D eigenvalue weighted by atomic mass is 9.91. The zero-order chi connectivity index (χ0) is 19.3. The molecular formula is C20H26FO4P. The molecule has 2 N–H and O–H groups in total. The van der Waals surface area contributed by atoms with Crippen molar-refractivity contribution in [3.05, 3.63) is 47.3 Å². The Morgan fingerprint density at radius 1 is 1.08 bits per heavy atom. The van der Waals surface area contributed by atoms with Gasteiger partial charge in [-0.15, -0.1) is 0 Å². The van der Waals surface area contributed by atoms with Crippen LogP contribution < -0.4 is 14.8 Å². The van der Waals surface area contributed by atoms with Crippen LogP contribution in [0.3, 0.4) is 0 Å². The van der Waals surface area contributed by atoms with Gasteiger partial charge in [0.2, 0.25) is 0 Å². The Labute approximate surface area is 155 Å². The molecule has 0 spiro atoms. The van der Waals surface area contributed by atoms with Crippen molar-refractivity contribution < 1.29 is 24.1 Å². The van der Waals surface area contributed by atoms with Crippen molar-refractivity contribution in [1.82, 2.24) is 0 Å². The van der Waals surface area contributed by atoms with Crippen LogP contribution in [0.2, 0.25) is 0 Å². The van der Waals surface area contributed by atoms with E-state index in [4.69, 9.17) is 9.47 Å². The second-order valence-corrected chi connectivity index (χ2v) is 7.85. The van der Waals surface area contributed by atoms with E-state index in [1.54, 1.807) is 19.2 Å². The summed E-state index contributed by atoms with van der Waals surface area (Å²) in [6.45, 7) is 3.89. The second-order valence-electron chi connectivity index (χ2n) is 6.10. The summed E-state index contributed by atoms with van der Waals surface area (Å²) < 4.78 is 24.2. The van der Waals surface area contributed by atoms with Gasteiger partial charge >= 0.3 is 0 Å². The van der Waals surface area contributed by atoms with E-state index in [2.05, 4.69) is 13.8 Å². The zero-order valence-corrected chi connectivity index (χ0v) is 16.6. The topological polar surface area (TPSA) is 58.9 Å². The highest BCUT2D eigenvalue weighted by molar-refractivity contribution is 7.48. The molecule has 0 aliphatic rings. The zero-order valence-electron chi connectivity index (χ0n) is 15.6. The van der Waals surface area contributed by atoms with Crippen molar-refractivity contribution in [3.8, 4) is 17.2 Å². The lowest BCUT2D eigenvalue weighted by molar-refractivity contribution is 0.282. The average Bonchev–Trinajstić information content (AvgIpc) is 2.67. The number of hydrogen-bond donors (Lipinski definition) is 2. The first-order chi connectivity index (χ1) is 12.4. The number of ether oxygens (including phenoxy) is 2. The minimum atomic E-state index is -0.381. The van der Waals surface area contributed by atoms with E-state index in [9.17, 15) is 14.6 Å². The predicted octanol–water partition coefficient (Wildman–Crippen LogP) is 4.06. The fourth-order valence-corrected chi connectivity index (χ4v) is 4.84.